The Kier molecular flexibility index (Phi) is 7.40. The second kappa shape index (κ2) is 9.87. The minimum atomic E-state index is -3.72. The summed E-state index contributed by atoms with van der Waals surface area (Å²) in [4.78, 5) is 14.8. The van der Waals surface area contributed by atoms with Crippen LogP contribution in [0.25, 0.3) is 0 Å². The van der Waals surface area contributed by atoms with E-state index in [1.807, 2.05) is 6.92 Å². The molecule has 2 aromatic rings. The van der Waals surface area contributed by atoms with Crippen molar-refractivity contribution in [2.45, 2.75) is 30.7 Å². The number of methoxy groups -OCH3 is 2. The molecule has 0 aromatic heterocycles. The normalized spacial score (nSPS) is 16.4. The fourth-order valence-electron chi connectivity index (χ4n) is 3.91. The molecule has 174 valence electrons. The Morgan fingerprint density at radius 3 is 2.22 bits per heavy atom. The van der Waals surface area contributed by atoms with Crippen molar-refractivity contribution in [2.75, 3.05) is 34.4 Å². The molecule has 1 atom stereocenters. The number of hydrogen-bond acceptors (Lipinski definition) is 5. The first-order valence-corrected chi connectivity index (χ1v) is 11.9. The summed E-state index contributed by atoms with van der Waals surface area (Å²) in [6, 6.07) is 10.4. The zero-order valence-corrected chi connectivity index (χ0v) is 19.6. The average Bonchev–Trinajstić information content (AvgIpc) is 2.82. The van der Waals surface area contributed by atoms with Gasteiger partial charge in [-0.1, -0.05) is 12.1 Å². The van der Waals surface area contributed by atoms with Crippen molar-refractivity contribution in [3.05, 3.63) is 53.8 Å². The molecule has 0 radical (unpaired) electrons. The number of ether oxygens (including phenoxy) is 2. The first-order chi connectivity index (χ1) is 15.2. The predicted octanol–water partition coefficient (Wildman–Crippen LogP) is 3.46. The summed E-state index contributed by atoms with van der Waals surface area (Å²) < 4.78 is 51.2. The summed E-state index contributed by atoms with van der Waals surface area (Å²) in [5.41, 5.74) is 0.843. The molecule has 0 N–H and O–H groups in total. The first kappa shape index (κ1) is 24.0. The molecule has 1 fully saturated rings. The Bertz CT molecular complexity index is 1050. The summed E-state index contributed by atoms with van der Waals surface area (Å²) in [5, 5.41) is 0. The van der Waals surface area contributed by atoms with Crippen LogP contribution in [0.1, 0.15) is 31.4 Å². The fraction of sp³-hybridized carbons (Fsp3) is 0.435. The van der Waals surface area contributed by atoms with Crippen LogP contribution in [0.15, 0.2) is 47.4 Å². The lowest BCUT2D eigenvalue weighted by Gasteiger charge is -2.34. The van der Waals surface area contributed by atoms with Gasteiger partial charge in [0.05, 0.1) is 25.2 Å². The molecule has 0 saturated carbocycles. The van der Waals surface area contributed by atoms with E-state index < -0.39 is 10.0 Å². The van der Waals surface area contributed by atoms with Crippen LogP contribution in [-0.4, -0.2) is 57.9 Å². The van der Waals surface area contributed by atoms with Crippen molar-refractivity contribution in [1.29, 1.82) is 0 Å². The molecular weight excluding hydrogens is 435 g/mol. The Morgan fingerprint density at radius 2 is 1.66 bits per heavy atom. The number of carbonyl (C=O) groups is 1. The average molecular weight is 465 g/mol. The zero-order chi connectivity index (χ0) is 23.5. The molecular formula is C23H29FN2O5S. The van der Waals surface area contributed by atoms with Crippen LogP contribution in [0.2, 0.25) is 0 Å². The van der Waals surface area contributed by atoms with E-state index in [-0.39, 0.29) is 41.7 Å². The van der Waals surface area contributed by atoms with Crippen molar-refractivity contribution in [3.63, 3.8) is 0 Å². The van der Waals surface area contributed by atoms with Crippen molar-refractivity contribution in [2.24, 2.45) is 5.92 Å². The summed E-state index contributed by atoms with van der Waals surface area (Å²) in [6.45, 7) is 2.40. The standard InChI is InChI=1S/C23H29FN2O5S/c1-16(17-5-7-19(24)8-6-17)25(2)23(27)18-11-13-26(14-12-18)32(28,29)20-9-10-21(30-3)22(15-20)31-4/h5-10,15-16,18H,11-14H2,1-4H3. The molecule has 1 amide bonds. The Hall–Kier alpha value is -2.65. The van der Waals surface area contributed by atoms with Gasteiger partial charge in [-0.15, -0.1) is 0 Å². The van der Waals surface area contributed by atoms with Crippen LogP contribution in [-0.2, 0) is 14.8 Å². The minimum absolute atomic E-state index is 0.0370. The van der Waals surface area contributed by atoms with Gasteiger partial charge in [-0.2, -0.15) is 4.31 Å². The molecule has 1 heterocycles. The Balaban J connectivity index is 1.66. The van der Waals surface area contributed by atoms with E-state index >= 15 is 0 Å². The summed E-state index contributed by atoms with van der Waals surface area (Å²) in [6.07, 6.45) is 0.873. The van der Waals surface area contributed by atoms with Crippen molar-refractivity contribution >= 4 is 15.9 Å². The van der Waals surface area contributed by atoms with Gasteiger partial charge in [0.15, 0.2) is 11.5 Å². The summed E-state index contributed by atoms with van der Waals surface area (Å²) in [7, 11) is 0.951. The highest BCUT2D eigenvalue weighted by atomic mass is 32.2. The van der Waals surface area contributed by atoms with E-state index in [1.165, 1.54) is 42.8 Å². The van der Waals surface area contributed by atoms with Gasteiger partial charge >= 0.3 is 0 Å². The van der Waals surface area contributed by atoms with Crippen LogP contribution >= 0.6 is 0 Å². The smallest absolute Gasteiger partial charge is 0.243 e. The molecule has 32 heavy (non-hydrogen) atoms. The minimum Gasteiger partial charge on any atom is -0.493 e. The van der Waals surface area contributed by atoms with Gasteiger partial charge in [0.1, 0.15) is 5.82 Å². The van der Waals surface area contributed by atoms with E-state index in [0.29, 0.717) is 24.3 Å². The fourth-order valence-corrected chi connectivity index (χ4v) is 5.40. The van der Waals surface area contributed by atoms with E-state index in [2.05, 4.69) is 0 Å². The first-order valence-electron chi connectivity index (χ1n) is 10.4. The van der Waals surface area contributed by atoms with Gasteiger partial charge in [0, 0.05) is 32.1 Å². The second-order valence-electron chi connectivity index (χ2n) is 7.87. The number of carbonyl (C=O) groups excluding carboxylic acids is 1. The molecule has 0 aliphatic carbocycles. The molecule has 1 saturated heterocycles. The van der Waals surface area contributed by atoms with Crippen molar-refractivity contribution in [1.82, 2.24) is 9.21 Å². The highest BCUT2D eigenvalue weighted by Gasteiger charge is 2.34. The van der Waals surface area contributed by atoms with Gasteiger partial charge in [-0.3, -0.25) is 4.79 Å². The van der Waals surface area contributed by atoms with Crippen LogP contribution in [0, 0.1) is 11.7 Å². The topological polar surface area (TPSA) is 76.2 Å². The number of amides is 1. The highest BCUT2D eigenvalue weighted by molar-refractivity contribution is 7.89. The zero-order valence-electron chi connectivity index (χ0n) is 18.7. The number of nitrogens with zero attached hydrogens (tertiary/aromatic N) is 2. The van der Waals surface area contributed by atoms with Crippen LogP contribution < -0.4 is 9.47 Å². The third kappa shape index (κ3) is 4.88. The van der Waals surface area contributed by atoms with E-state index in [9.17, 15) is 17.6 Å². The van der Waals surface area contributed by atoms with Gasteiger partial charge in [0.2, 0.25) is 15.9 Å². The molecule has 2 aromatic carbocycles. The van der Waals surface area contributed by atoms with Crippen molar-refractivity contribution in [3.8, 4) is 11.5 Å². The van der Waals surface area contributed by atoms with E-state index in [1.54, 1.807) is 30.1 Å². The number of rotatable bonds is 7. The molecule has 0 spiro atoms. The largest absolute Gasteiger partial charge is 0.493 e. The van der Waals surface area contributed by atoms with Crippen LogP contribution in [0.3, 0.4) is 0 Å². The molecule has 1 unspecified atom stereocenters. The third-order valence-electron chi connectivity index (χ3n) is 6.08. The van der Waals surface area contributed by atoms with Gasteiger partial charge in [-0.25, -0.2) is 12.8 Å². The lowest BCUT2D eigenvalue weighted by molar-refractivity contribution is -0.137. The van der Waals surface area contributed by atoms with Gasteiger partial charge in [-0.05, 0) is 49.6 Å². The van der Waals surface area contributed by atoms with E-state index in [0.717, 1.165) is 5.56 Å². The lowest BCUT2D eigenvalue weighted by atomic mass is 9.95. The quantitative estimate of drug-likeness (QED) is 0.627. The molecule has 1 aliphatic rings. The van der Waals surface area contributed by atoms with E-state index in [4.69, 9.17) is 9.47 Å². The van der Waals surface area contributed by atoms with Crippen LogP contribution in [0.5, 0.6) is 11.5 Å². The number of halogens is 1. The SMILES string of the molecule is COc1ccc(S(=O)(=O)N2CCC(C(=O)N(C)C(C)c3ccc(F)cc3)CC2)cc1OC. The molecule has 0 bridgehead atoms. The molecule has 3 rings (SSSR count). The molecule has 7 nitrogen and oxygen atoms in total. The third-order valence-corrected chi connectivity index (χ3v) is 7.97. The lowest BCUT2D eigenvalue weighted by Crippen LogP contribution is -2.43. The number of piperidine rings is 1. The molecule has 9 heteroatoms. The monoisotopic (exact) mass is 464 g/mol. The maximum atomic E-state index is 13.2. The van der Waals surface area contributed by atoms with Gasteiger partial charge in [0.25, 0.3) is 0 Å². The number of hydrogen-bond donors (Lipinski definition) is 0. The Labute approximate surface area is 188 Å². The maximum absolute atomic E-state index is 13.2. The second-order valence-corrected chi connectivity index (χ2v) is 9.81. The molecule has 1 aliphatic heterocycles. The van der Waals surface area contributed by atoms with Crippen LogP contribution in [0.4, 0.5) is 4.39 Å². The summed E-state index contributed by atoms with van der Waals surface area (Å²) >= 11 is 0. The number of benzene rings is 2. The number of sulfonamides is 1. The van der Waals surface area contributed by atoms with Gasteiger partial charge < -0.3 is 14.4 Å². The highest BCUT2D eigenvalue weighted by Crippen LogP contribution is 2.32. The predicted molar refractivity (Wildman–Crippen MR) is 119 cm³/mol. The summed E-state index contributed by atoms with van der Waals surface area (Å²) in [5.74, 6) is 0.173. The van der Waals surface area contributed by atoms with Crippen molar-refractivity contribution < 1.29 is 27.1 Å². The maximum Gasteiger partial charge on any atom is 0.243 e. The Morgan fingerprint density at radius 1 is 1.06 bits per heavy atom.